The van der Waals surface area contributed by atoms with Crippen molar-refractivity contribution in [1.29, 1.82) is 0 Å². The third-order valence-corrected chi connectivity index (χ3v) is 2.50. The molecular formula is C13H14FN3O3. The van der Waals surface area contributed by atoms with Crippen molar-refractivity contribution in [3.63, 3.8) is 0 Å². The monoisotopic (exact) mass is 279 g/mol. The number of amides is 1. The smallest absolute Gasteiger partial charge is 0.261 e. The number of halogens is 1. The molecule has 0 saturated carbocycles. The highest BCUT2D eigenvalue weighted by Crippen LogP contribution is 2.16. The molecule has 20 heavy (non-hydrogen) atoms. The predicted octanol–water partition coefficient (Wildman–Crippen LogP) is 1.60. The van der Waals surface area contributed by atoms with E-state index in [-0.39, 0.29) is 12.3 Å². The van der Waals surface area contributed by atoms with Crippen molar-refractivity contribution in [2.24, 2.45) is 0 Å². The summed E-state index contributed by atoms with van der Waals surface area (Å²) in [5.74, 6) is -0.0824. The summed E-state index contributed by atoms with van der Waals surface area (Å²) in [6, 6.07) is 5.90. The number of carbonyl (C=O) groups excluding carboxylic acids is 1. The molecule has 0 radical (unpaired) electrons. The van der Waals surface area contributed by atoms with Gasteiger partial charge in [-0.2, -0.15) is 4.98 Å². The molecule has 106 valence electrons. The van der Waals surface area contributed by atoms with Crippen LogP contribution in [-0.2, 0) is 11.3 Å². The fourth-order valence-corrected chi connectivity index (χ4v) is 1.51. The highest BCUT2D eigenvalue weighted by molar-refractivity contribution is 5.80. The van der Waals surface area contributed by atoms with Gasteiger partial charge in [-0.25, -0.2) is 4.39 Å². The van der Waals surface area contributed by atoms with Crippen LogP contribution in [0.15, 0.2) is 28.8 Å². The quantitative estimate of drug-likeness (QED) is 0.899. The Balaban J connectivity index is 1.87. The number of aromatic nitrogens is 2. The zero-order chi connectivity index (χ0) is 14.5. The molecule has 0 aliphatic heterocycles. The van der Waals surface area contributed by atoms with Crippen molar-refractivity contribution in [2.75, 3.05) is 0 Å². The first kappa shape index (κ1) is 14.0. The Bertz CT molecular complexity index is 600. The summed E-state index contributed by atoms with van der Waals surface area (Å²) < 4.78 is 23.4. The number of hydrogen-bond donors (Lipinski definition) is 1. The standard InChI is InChI=1S/C13H14FN3O3/c1-8(19-11-6-4-3-5-10(11)14)13(18)15-7-12-16-9(2)20-17-12/h3-6,8H,7H2,1-2H3,(H,15,18)/t8-/m1/s1. The van der Waals surface area contributed by atoms with E-state index in [0.717, 1.165) is 0 Å². The largest absolute Gasteiger partial charge is 0.478 e. The van der Waals surface area contributed by atoms with E-state index in [4.69, 9.17) is 9.26 Å². The lowest BCUT2D eigenvalue weighted by Gasteiger charge is -2.14. The first-order valence-electron chi connectivity index (χ1n) is 6.04. The topological polar surface area (TPSA) is 77.2 Å². The molecule has 1 aromatic carbocycles. The summed E-state index contributed by atoms with van der Waals surface area (Å²) in [4.78, 5) is 15.7. The number of nitrogens with zero attached hydrogens (tertiary/aromatic N) is 2. The molecule has 2 aromatic rings. The van der Waals surface area contributed by atoms with Crippen LogP contribution in [0.5, 0.6) is 5.75 Å². The lowest BCUT2D eigenvalue weighted by molar-refractivity contribution is -0.127. The summed E-state index contributed by atoms with van der Waals surface area (Å²) in [6.45, 7) is 3.31. The molecule has 0 fully saturated rings. The van der Waals surface area contributed by atoms with Crippen LogP contribution in [0.1, 0.15) is 18.6 Å². The van der Waals surface area contributed by atoms with Crippen molar-refractivity contribution in [3.8, 4) is 5.75 Å². The molecule has 0 aliphatic carbocycles. The van der Waals surface area contributed by atoms with Crippen molar-refractivity contribution in [2.45, 2.75) is 26.5 Å². The lowest BCUT2D eigenvalue weighted by Crippen LogP contribution is -2.36. The van der Waals surface area contributed by atoms with Gasteiger partial charge in [-0.05, 0) is 19.1 Å². The molecule has 1 amide bonds. The average Bonchev–Trinajstić information content (AvgIpc) is 2.84. The van der Waals surface area contributed by atoms with E-state index in [9.17, 15) is 9.18 Å². The maximum absolute atomic E-state index is 13.4. The molecule has 1 heterocycles. The van der Waals surface area contributed by atoms with Crippen molar-refractivity contribution < 1.29 is 18.4 Å². The zero-order valence-corrected chi connectivity index (χ0v) is 11.1. The number of para-hydroxylation sites is 1. The van der Waals surface area contributed by atoms with Gasteiger partial charge in [-0.3, -0.25) is 4.79 Å². The van der Waals surface area contributed by atoms with E-state index in [1.165, 1.54) is 19.1 Å². The number of nitrogens with one attached hydrogen (secondary N) is 1. The molecule has 0 aliphatic rings. The second-order valence-electron chi connectivity index (χ2n) is 4.14. The molecule has 0 unspecified atom stereocenters. The molecule has 1 aromatic heterocycles. The molecule has 6 nitrogen and oxygen atoms in total. The Morgan fingerprint density at radius 2 is 2.25 bits per heavy atom. The van der Waals surface area contributed by atoms with Crippen LogP contribution in [-0.4, -0.2) is 22.2 Å². The molecule has 2 rings (SSSR count). The Kier molecular flexibility index (Phi) is 4.29. The molecular weight excluding hydrogens is 265 g/mol. The first-order chi connectivity index (χ1) is 9.56. The van der Waals surface area contributed by atoms with Crippen LogP contribution >= 0.6 is 0 Å². The third kappa shape index (κ3) is 3.53. The lowest BCUT2D eigenvalue weighted by atomic mass is 10.3. The van der Waals surface area contributed by atoms with E-state index in [0.29, 0.717) is 11.7 Å². The van der Waals surface area contributed by atoms with Gasteiger partial charge >= 0.3 is 0 Å². The number of ether oxygens (including phenoxy) is 1. The zero-order valence-electron chi connectivity index (χ0n) is 11.1. The van der Waals surface area contributed by atoms with Crippen LogP contribution in [0.4, 0.5) is 4.39 Å². The maximum atomic E-state index is 13.4. The summed E-state index contributed by atoms with van der Waals surface area (Å²) in [5, 5.41) is 6.22. The van der Waals surface area contributed by atoms with Crippen molar-refractivity contribution in [1.82, 2.24) is 15.5 Å². The van der Waals surface area contributed by atoms with E-state index in [2.05, 4.69) is 15.5 Å². The van der Waals surface area contributed by atoms with Gasteiger partial charge in [0.1, 0.15) is 0 Å². The predicted molar refractivity (Wildman–Crippen MR) is 67.4 cm³/mol. The average molecular weight is 279 g/mol. The number of benzene rings is 1. The van der Waals surface area contributed by atoms with Crippen molar-refractivity contribution >= 4 is 5.91 Å². The van der Waals surface area contributed by atoms with Gasteiger partial charge in [0.25, 0.3) is 5.91 Å². The summed E-state index contributed by atoms with van der Waals surface area (Å²) in [6.07, 6.45) is -0.833. The highest BCUT2D eigenvalue weighted by atomic mass is 19.1. The minimum atomic E-state index is -0.833. The Labute approximate surface area is 114 Å². The summed E-state index contributed by atoms with van der Waals surface area (Å²) in [5.41, 5.74) is 0. The van der Waals surface area contributed by atoms with Crippen LogP contribution in [0, 0.1) is 12.7 Å². The maximum Gasteiger partial charge on any atom is 0.261 e. The fourth-order valence-electron chi connectivity index (χ4n) is 1.51. The van der Waals surface area contributed by atoms with Gasteiger partial charge in [-0.15, -0.1) is 0 Å². The molecule has 0 spiro atoms. The number of rotatable bonds is 5. The van der Waals surface area contributed by atoms with E-state index in [1.54, 1.807) is 19.1 Å². The van der Waals surface area contributed by atoms with Crippen LogP contribution in [0.25, 0.3) is 0 Å². The van der Waals surface area contributed by atoms with Gasteiger partial charge in [-0.1, -0.05) is 17.3 Å². The number of aryl methyl sites for hydroxylation is 1. The van der Waals surface area contributed by atoms with E-state index >= 15 is 0 Å². The van der Waals surface area contributed by atoms with Crippen molar-refractivity contribution in [3.05, 3.63) is 41.8 Å². The van der Waals surface area contributed by atoms with Crippen LogP contribution in [0.2, 0.25) is 0 Å². The Hall–Kier alpha value is -2.44. The van der Waals surface area contributed by atoms with Gasteiger partial charge in [0.05, 0.1) is 6.54 Å². The minimum Gasteiger partial charge on any atom is -0.478 e. The molecule has 7 heteroatoms. The molecule has 1 N–H and O–H groups in total. The van der Waals surface area contributed by atoms with E-state index in [1.807, 2.05) is 0 Å². The van der Waals surface area contributed by atoms with Crippen LogP contribution in [0.3, 0.4) is 0 Å². The fraction of sp³-hybridized carbons (Fsp3) is 0.308. The normalized spacial score (nSPS) is 11.9. The van der Waals surface area contributed by atoms with Gasteiger partial charge in [0, 0.05) is 6.92 Å². The Morgan fingerprint density at radius 3 is 2.90 bits per heavy atom. The second-order valence-corrected chi connectivity index (χ2v) is 4.14. The first-order valence-corrected chi connectivity index (χ1v) is 6.04. The minimum absolute atomic E-state index is 0.0329. The Morgan fingerprint density at radius 1 is 1.50 bits per heavy atom. The summed E-state index contributed by atoms with van der Waals surface area (Å²) in [7, 11) is 0. The third-order valence-electron chi connectivity index (χ3n) is 2.50. The van der Waals surface area contributed by atoms with Crippen LogP contribution < -0.4 is 10.1 Å². The second kappa shape index (κ2) is 6.14. The molecule has 1 atom stereocenters. The number of carbonyl (C=O) groups is 1. The molecule has 0 saturated heterocycles. The van der Waals surface area contributed by atoms with E-state index < -0.39 is 17.8 Å². The molecule has 0 bridgehead atoms. The summed E-state index contributed by atoms with van der Waals surface area (Å²) >= 11 is 0. The number of hydrogen-bond acceptors (Lipinski definition) is 5. The van der Waals surface area contributed by atoms with Gasteiger partial charge in [0.15, 0.2) is 23.5 Å². The van der Waals surface area contributed by atoms with Gasteiger partial charge in [0.2, 0.25) is 5.89 Å². The highest BCUT2D eigenvalue weighted by Gasteiger charge is 2.16. The SMILES string of the molecule is Cc1nc(CNC(=O)[C@@H](C)Oc2ccccc2F)no1. The van der Waals surface area contributed by atoms with Gasteiger partial charge < -0.3 is 14.6 Å².